The van der Waals surface area contributed by atoms with Crippen LogP contribution in [-0.2, 0) is 0 Å². The summed E-state index contributed by atoms with van der Waals surface area (Å²) in [5.74, 6) is 1.72. The van der Waals surface area contributed by atoms with Gasteiger partial charge in [-0.1, -0.05) is 84.4 Å². The first-order chi connectivity index (χ1) is 12.7. The van der Waals surface area contributed by atoms with E-state index in [1.807, 2.05) is 18.3 Å². The fourth-order valence-corrected chi connectivity index (χ4v) is 4.77. The molecule has 3 aromatic rings. The molecule has 2 heterocycles. The predicted molar refractivity (Wildman–Crippen MR) is 107 cm³/mol. The zero-order valence-corrected chi connectivity index (χ0v) is 15.2. The molecule has 1 fully saturated rings. The van der Waals surface area contributed by atoms with Crippen molar-refractivity contribution in [2.24, 2.45) is 5.92 Å². The van der Waals surface area contributed by atoms with E-state index in [9.17, 15) is 0 Å². The summed E-state index contributed by atoms with van der Waals surface area (Å²) in [6.07, 6.45) is 3.91. The Morgan fingerprint density at radius 1 is 0.885 bits per heavy atom. The van der Waals surface area contributed by atoms with Gasteiger partial charge in [0.2, 0.25) is 0 Å². The van der Waals surface area contributed by atoms with Gasteiger partial charge in [-0.2, -0.15) is 0 Å². The summed E-state index contributed by atoms with van der Waals surface area (Å²) in [5.41, 5.74) is 5.70. The number of hydrogen-bond acceptors (Lipinski definition) is 1. The fourth-order valence-electron chi connectivity index (χ4n) is 4.35. The van der Waals surface area contributed by atoms with Crippen molar-refractivity contribution in [1.29, 1.82) is 0 Å². The number of halogens is 1. The molecule has 0 amide bonds. The molecule has 2 nitrogen and oxygen atoms in total. The molecule has 128 valence electrons. The maximum absolute atomic E-state index is 7.02. The summed E-state index contributed by atoms with van der Waals surface area (Å²) < 4.78 is 2.27. The van der Waals surface area contributed by atoms with Gasteiger partial charge in [0.15, 0.2) is 0 Å². The molecule has 0 saturated heterocycles. The monoisotopic (exact) mass is 358 g/mol. The molecule has 1 aromatic heterocycles. The largest absolute Gasteiger partial charge is 0.294 e. The SMILES string of the molecule is C=C1CC2C(Cl)=C(c3ccccc3)n3c(-c4ccccc4)cnc3C2C1. The molecule has 0 radical (unpaired) electrons. The van der Waals surface area contributed by atoms with Crippen molar-refractivity contribution in [3.05, 3.63) is 95.4 Å². The van der Waals surface area contributed by atoms with Crippen molar-refractivity contribution in [3.63, 3.8) is 0 Å². The summed E-state index contributed by atoms with van der Waals surface area (Å²) in [7, 11) is 0. The number of fused-ring (bicyclic) bond motifs is 3. The lowest BCUT2D eigenvalue weighted by molar-refractivity contribution is 0.529. The molecular weight excluding hydrogens is 340 g/mol. The average molecular weight is 359 g/mol. The minimum atomic E-state index is 0.290. The number of benzene rings is 2. The quantitative estimate of drug-likeness (QED) is 0.508. The van der Waals surface area contributed by atoms with E-state index in [1.54, 1.807) is 0 Å². The highest BCUT2D eigenvalue weighted by Gasteiger charge is 2.42. The van der Waals surface area contributed by atoms with Gasteiger partial charge in [0, 0.05) is 22.4 Å². The molecule has 1 aliphatic heterocycles. The zero-order valence-electron chi connectivity index (χ0n) is 14.4. The Kier molecular flexibility index (Phi) is 3.61. The summed E-state index contributed by atoms with van der Waals surface area (Å²) in [5, 5.41) is 0.933. The third-order valence-electron chi connectivity index (χ3n) is 5.52. The van der Waals surface area contributed by atoms with Gasteiger partial charge in [-0.3, -0.25) is 4.57 Å². The number of rotatable bonds is 2. The third kappa shape index (κ3) is 2.29. The van der Waals surface area contributed by atoms with Crippen LogP contribution in [0.4, 0.5) is 0 Å². The lowest BCUT2D eigenvalue weighted by Crippen LogP contribution is -2.21. The van der Waals surface area contributed by atoms with Crippen molar-refractivity contribution in [1.82, 2.24) is 9.55 Å². The molecule has 1 aliphatic carbocycles. The van der Waals surface area contributed by atoms with Gasteiger partial charge in [0.25, 0.3) is 0 Å². The van der Waals surface area contributed by atoms with Crippen LogP contribution >= 0.6 is 11.6 Å². The number of imidazole rings is 1. The van der Waals surface area contributed by atoms with Crippen LogP contribution in [-0.4, -0.2) is 9.55 Å². The van der Waals surface area contributed by atoms with Crippen LogP contribution in [0.15, 0.2) is 84.0 Å². The van der Waals surface area contributed by atoms with Crippen molar-refractivity contribution in [2.75, 3.05) is 0 Å². The average Bonchev–Trinajstić information content (AvgIpc) is 3.27. The maximum Gasteiger partial charge on any atom is 0.117 e. The van der Waals surface area contributed by atoms with E-state index in [0.29, 0.717) is 5.92 Å². The first-order valence-corrected chi connectivity index (χ1v) is 9.37. The predicted octanol–water partition coefficient (Wildman–Crippen LogP) is 6.07. The van der Waals surface area contributed by atoms with Gasteiger partial charge in [0.05, 0.1) is 17.6 Å². The number of allylic oxidation sites excluding steroid dienone is 2. The van der Waals surface area contributed by atoms with Gasteiger partial charge in [-0.05, 0) is 18.4 Å². The van der Waals surface area contributed by atoms with Crippen LogP contribution in [0.3, 0.4) is 0 Å². The standard InChI is InChI=1S/C23H19ClN2/c1-15-12-18-19(13-15)23-25-14-20(16-8-4-2-5-9-16)26(23)22(21(18)24)17-10-6-3-7-11-17/h2-11,14,18-19H,1,12-13H2. The molecule has 2 unspecified atom stereocenters. The van der Waals surface area contributed by atoms with E-state index in [2.05, 4.69) is 59.7 Å². The Labute approximate surface area is 158 Å². The zero-order chi connectivity index (χ0) is 17.7. The van der Waals surface area contributed by atoms with Crippen molar-refractivity contribution in [2.45, 2.75) is 18.8 Å². The topological polar surface area (TPSA) is 17.8 Å². The van der Waals surface area contributed by atoms with Crippen molar-refractivity contribution >= 4 is 17.3 Å². The molecule has 0 N–H and O–H groups in total. The van der Waals surface area contributed by atoms with Crippen molar-refractivity contribution < 1.29 is 0 Å². The van der Waals surface area contributed by atoms with Crippen molar-refractivity contribution in [3.8, 4) is 11.3 Å². The van der Waals surface area contributed by atoms with Crippen LogP contribution < -0.4 is 0 Å². The lowest BCUT2D eigenvalue weighted by Gasteiger charge is -2.30. The number of aromatic nitrogens is 2. The van der Waals surface area contributed by atoms with Crippen LogP contribution in [0.25, 0.3) is 17.0 Å². The first kappa shape index (κ1) is 15.7. The van der Waals surface area contributed by atoms with E-state index in [0.717, 1.165) is 46.2 Å². The Morgan fingerprint density at radius 2 is 1.50 bits per heavy atom. The Balaban J connectivity index is 1.79. The summed E-state index contributed by atoms with van der Waals surface area (Å²) >= 11 is 7.02. The third-order valence-corrected chi connectivity index (χ3v) is 5.98. The van der Waals surface area contributed by atoms with Gasteiger partial charge >= 0.3 is 0 Å². The van der Waals surface area contributed by atoms with Crippen LogP contribution in [0.1, 0.15) is 30.1 Å². The number of hydrogen-bond donors (Lipinski definition) is 0. The van der Waals surface area contributed by atoms with E-state index < -0.39 is 0 Å². The first-order valence-electron chi connectivity index (χ1n) is 8.99. The molecule has 2 aromatic carbocycles. The molecule has 2 aliphatic rings. The smallest absolute Gasteiger partial charge is 0.117 e. The molecule has 5 rings (SSSR count). The second-order valence-electron chi connectivity index (χ2n) is 7.14. The molecule has 1 saturated carbocycles. The maximum atomic E-state index is 7.02. The van der Waals surface area contributed by atoms with E-state index in [1.165, 1.54) is 5.57 Å². The minimum Gasteiger partial charge on any atom is -0.294 e. The van der Waals surface area contributed by atoms with Crippen LogP contribution in [0.5, 0.6) is 0 Å². The summed E-state index contributed by atoms with van der Waals surface area (Å²) in [4.78, 5) is 4.85. The van der Waals surface area contributed by atoms with Gasteiger partial charge in [-0.25, -0.2) is 4.98 Å². The molecule has 3 heteroatoms. The van der Waals surface area contributed by atoms with Gasteiger partial charge in [0.1, 0.15) is 5.82 Å². The Morgan fingerprint density at radius 3 is 2.19 bits per heavy atom. The fraction of sp³-hybridized carbons (Fsp3) is 0.174. The van der Waals surface area contributed by atoms with Crippen LogP contribution in [0.2, 0.25) is 0 Å². The Bertz CT molecular complexity index is 1010. The summed E-state index contributed by atoms with van der Waals surface area (Å²) in [6, 6.07) is 20.8. The molecule has 0 bridgehead atoms. The Hall–Kier alpha value is -2.58. The van der Waals surface area contributed by atoms with E-state index in [-0.39, 0.29) is 5.92 Å². The lowest BCUT2D eigenvalue weighted by atomic mass is 9.89. The molecule has 26 heavy (non-hydrogen) atoms. The molecule has 2 atom stereocenters. The highest BCUT2D eigenvalue weighted by Crippen LogP contribution is 2.53. The molecule has 0 spiro atoms. The number of nitrogens with zero attached hydrogens (tertiary/aromatic N) is 2. The van der Waals surface area contributed by atoms with Gasteiger partial charge in [-0.15, -0.1) is 0 Å². The molecular formula is C23H19ClN2. The van der Waals surface area contributed by atoms with E-state index in [4.69, 9.17) is 16.6 Å². The second kappa shape index (κ2) is 6.00. The summed E-state index contributed by atoms with van der Waals surface area (Å²) in [6.45, 7) is 4.23. The van der Waals surface area contributed by atoms with Crippen LogP contribution in [0, 0.1) is 5.92 Å². The second-order valence-corrected chi connectivity index (χ2v) is 7.54. The van der Waals surface area contributed by atoms with E-state index >= 15 is 0 Å². The highest BCUT2D eigenvalue weighted by molar-refractivity contribution is 6.33. The highest BCUT2D eigenvalue weighted by atomic mass is 35.5. The normalized spacial score (nSPS) is 21.7. The minimum absolute atomic E-state index is 0.290. The van der Waals surface area contributed by atoms with Gasteiger partial charge < -0.3 is 0 Å².